The smallest absolute Gasteiger partial charge is 0.123 e. The van der Waals surface area contributed by atoms with Crippen LogP contribution in [0.2, 0.25) is 0 Å². The van der Waals surface area contributed by atoms with E-state index < -0.39 is 0 Å². The molecule has 3 rings (SSSR count). The van der Waals surface area contributed by atoms with Crippen LogP contribution >= 0.6 is 0 Å². The fourth-order valence-corrected chi connectivity index (χ4v) is 2.79. The van der Waals surface area contributed by atoms with Crippen molar-refractivity contribution in [2.75, 3.05) is 6.54 Å². The second-order valence-corrected chi connectivity index (χ2v) is 5.94. The fourth-order valence-electron chi connectivity index (χ4n) is 2.79. The highest BCUT2D eigenvalue weighted by Crippen LogP contribution is 2.23. The van der Waals surface area contributed by atoms with Gasteiger partial charge in [-0.25, -0.2) is 4.39 Å². The van der Waals surface area contributed by atoms with Crippen LogP contribution in [0.4, 0.5) is 4.39 Å². The number of hydrogen-bond donors (Lipinski definition) is 1. The highest BCUT2D eigenvalue weighted by atomic mass is 19.1. The Kier molecular flexibility index (Phi) is 6.13. The first-order chi connectivity index (χ1) is 12.3. The summed E-state index contributed by atoms with van der Waals surface area (Å²) in [6.45, 7) is 1.63. The lowest BCUT2D eigenvalue weighted by Gasteiger charge is -2.09. The Balaban J connectivity index is 1.62. The SMILES string of the molecule is Fc1ccc(CNCCC=C(c2ccccc2)c2ccccc2)cc1. The zero-order chi connectivity index (χ0) is 17.3. The van der Waals surface area contributed by atoms with Crippen molar-refractivity contribution in [2.45, 2.75) is 13.0 Å². The third-order valence-electron chi connectivity index (χ3n) is 4.08. The van der Waals surface area contributed by atoms with Gasteiger partial charge in [0.05, 0.1) is 0 Å². The predicted octanol–water partition coefficient (Wildman–Crippen LogP) is 5.44. The van der Waals surface area contributed by atoms with Crippen LogP contribution in [0.1, 0.15) is 23.1 Å². The lowest BCUT2D eigenvalue weighted by molar-refractivity contribution is 0.625. The maximum Gasteiger partial charge on any atom is 0.123 e. The molecular formula is C23H22FN. The number of hydrogen-bond acceptors (Lipinski definition) is 1. The lowest BCUT2D eigenvalue weighted by Crippen LogP contribution is -2.14. The van der Waals surface area contributed by atoms with Crippen LogP contribution < -0.4 is 5.32 Å². The van der Waals surface area contributed by atoms with Gasteiger partial charge in [0.25, 0.3) is 0 Å². The van der Waals surface area contributed by atoms with Gasteiger partial charge in [-0.3, -0.25) is 0 Å². The van der Waals surface area contributed by atoms with E-state index in [4.69, 9.17) is 0 Å². The zero-order valence-corrected chi connectivity index (χ0v) is 14.2. The molecule has 0 aliphatic heterocycles. The molecule has 0 heterocycles. The van der Waals surface area contributed by atoms with Crippen LogP contribution in [0.5, 0.6) is 0 Å². The lowest BCUT2D eigenvalue weighted by atomic mass is 9.97. The number of benzene rings is 3. The molecule has 2 heteroatoms. The summed E-state index contributed by atoms with van der Waals surface area (Å²) in [6, 6.07) is 27.6. The van der Waals surface area contributed by atoms with E-state index >= 15 is 0 Å². The molecule has 0 atom stereocenters. The largest absolute Gasteiger partial charge is 0.312 e. The Hall–Kier alpha value is -2.71. The Morgan fingerprint density at radius 2 is 1.32 bits per heavy atom. The van der Waals surface area contributed by atoms with E-state index in [9.17, 15) is 4.39 Å². The third-order valence-corrected chi connectivity index (χ3v) is 4.08. The quantitative estimate of drug-likeness (QED) is 0.569. The van der Waals surface area contributed by atoms with Crippen LogP contribution in [0.3, 0.4) is 0 Å². The summed E-state index contributed by atoms with van der Waals surface area (Å²) in [4.78, 5) is 0. The van der Waals surface area contributed by atoms with Crippen molar-refractivity contribution in [3.05, 3.63) is 114 Å². The van der Waals surface area contributed by atoms with Gasteiger partial charge in [-0.2, -0.15) is 0 Å². The second-order valence-electron chi connectivity index (χ2n) is 5.94. The Morgan fingerprint density at radius 1 is 0.760 bits per heavy atom. The molecule has 3 aromatic carbocycles. The minimum Gasteiger partial charge on any atom is -0.312 e. The minimum atomic E-state index is -0.193. The molecule has 1 N–H and O–H groups in total. The molecule has 0 saturated heterocycles. The maximum absolute atomic E-state index is 12.9. The molecule has 0 amide bonds. The van der Waals surface area contributed by atoms with Gasteiger partial charge in [0, 0.05) is 6.54 Å². The van der Waals surface area contributed by atoms with Crippen LogP contribution in [0.15, 0.2) is 91.0 Å². The average Bonchev–Trinajstić information content (AvgIpc) is 2.67. The first kappa shape index (κ1) is 17.1. The van der Waals surface area contributed by atoms with E-state index in [1.807, 2.05) is 24.3 Å². The molecule has 25 heavy (non-hydrogen) atoms. The summed E-state index contributed by atoms with van der Waals surface area (Å²) >= 11 is 0. The molecule has 0 aromatic heterocycles. The van der Waals surface area contributed by atoms with Crippen molar-refractivity contribution in [1.29, 1.82) is 0 Å². The van der Waals surface area contributed by atoms with Crippen LogP contribution in [-0.4, -0.2) is 6.54 Å². The molecule has 3 aromatic rings. The van der Waals surface area contributed by atoms with Gasteiger partial charge in [-0.05, 0) is 47.4 Å². The second kappa shape index (κ2) is 8.95. The molecule has 0 radical (unpaired) electrons. The summed E-state index contributed by atoms with van der Waals surface area (Å²) in [7, 11) is 0. The first-order valence-corrected chi connectivity index (χ1v) is 8.59. The van der Waals surface area contributed by atoms with Crippen molar-refractivity contribution in [3.8, 4) is 0 Å². The van der Waals surface area contributed by atoms with E-state index in [0.717, 1.165) is 25.1 Å². The number of rotatable bonds is 7. The van der Waals surface area contributed by atoms with Crippen molar-refractivity contribution >= 4 is 5.57 Å². The molecule has 0 spiro atoms. The van der Waals surface area contributed by atoms with Crippen LogP contribution in [0.25, 0.3) is 5.57 Å². The maximum atomic E-state index is 12.9. The normalized spacial score (nSPS) is 10.4. The van der Waals surface area contributed by atoms with Crippen molar-refractivity contribution in [1.82, 2.24) is 5.32 Å². The van der Waals surface area contributed by atoms with Gasteiger partial charge in [0.1, 0.15) is 5.82 Å². The number of nitrogens with one attached hydrogen (secondary N) is 1. The van der Waals surface area contributed by atoms with Crippen molar-refractivity contribution < 1.29 is 4.39 Å². The van der Waals surface area contributed by atoms with Gasteiger partial charge in [0.15, 0.2) is 0 Å². The topological polar surface area (TPSA) is 12.0 Å². The molecular weight excluding hydrogens is 309 g/mol. The molecule has 0 aliphatic rings. The highest BCUT2D eigenvalue weighted by Gasteiger charge is 2.03. The van der Waals surface area contributed by atoms with Gasteiger partial charge in [0.2, 0.25) is 0 Å². The van der Waals surface area contributed by atoms with E-state index in [1.165, 1.54) is 28.8 Å². The Labute approximate surface area is 148 Å². The minimum absolute atomic E-state index is 0.193. The Bertz CT molecular complexity index is 751. The monoisotopic (exact) mass is 331 g/mol. The molecule has 0 unspecified atom stereocenters. The molecule has 0 aliphatic carbocycles. The summed E-state index contributed by atoms with van der Waals surface area (Å²) in [6.07, 6.45) is 3.21. The van der Waals surface area contributed by atoms with Crippen molar-refractivity contribution in [2.24, 2.45) is 0 Å². The summed E-state index contributed by atoms with van der Waals surface area (Å²) in [5, 5.41) is 3.41. The van der Waals surface area contributed by atoms with Crippen LogP contribution in [0, 0.1) is 5.82 Å². The van der Waals surface area contributed by atoms with E-state index in [2.05, 4.69) is 59.9 Å². The van der Waals surface area contributed by atoms with Gasteiger partial charge < -0.3 is 5.32 Å². The number of halogens is 1. The molecule has 0 saturated carbocycles. The summed E-state index contributed by atoms with van der Waals surface area (Å²) < 4.78 is 12.9. The molecule has 0 bridgehead atoms. The summed E-state index contributed by atoms with van der Waals surface area (Å²) in [5.74, 6) is -0.193. The highest BCUT2D eigenvalue weighted by molar-refractivity contribution is 5.79. The average molecular weight is 331 g/mol. The van der Waals surface area contributed by atoms with Crippen LogP contribution in [-0.2, 0) is 6.54 Å². The zero-order valence-electron chi connectivity index (χ0n) is 14.2. The van der Waals surface area contributed by atoms with Gasteiger partial charge in [-0.1, -0.05) is 78.9 Å². The molecule has 0 fully saturated rings. The van der Waals surface area contributed by atoms with Gasteiger partial charge >= 0.3 is 0 Å². The Morgan fingerprint density at radius 3 is 1.88 bits per heavy atom. The third kappa shape index (κ3) is 5.13. The van der Waals surface area contributed by atoms with E-state index in [-0.39, 0.29) is 5.82 Å². The summed E-state index contributed by atoms with van der Waals surface area (Å²) in [5.41, 5.74) is 4.81. The molecule has 1 nitrogen and oxygen atoms in total. The standard InChI is InChI=1S/C23H22FN/c24-22-15-13-19(14-16-22)18-25-17-7-12-23(20-8-3-1-4-9-20)21-10-5-2-6-11-21/h1-6,8-16,25H,7,17-18H2. The predicted molar refractivity (Wildman–Crippen MR) is 103 cm³/mol. The van der Waals surface area contributed by atoms with Crippen molar-refractivity contribution in [3.63, 3.8) is 0 Å². The first-order valence-electron chi connectivity index (χ1n) is 8.59. The van der Waals surface area contributed by atoms with Gasteiger partial charge in [-0.15, -0.1) is 0 Å². The molecule has 126 valence electrons. The van der Waals surface area contributed by atoms with E-state index in [0.29, 0.717) is 0 Å². The van der Waals surface area contributed by atoms with E-state index in [1.54, 1.807) is 0 Å². The fraction of sp³-hybridized carbons (Fsp3) is 0.130.